The topological polar surface area (TPSA) is 101 Å². The number of carbonyl (C=O) groups excluding carboxylic acids is 2. The zero-order chi connectivity index (χ0) is 32.2. The van der Waals surface area contributed by atoms with Gasteiger partial charge in [0.1, 0.15) is 11.9 Å². The third-order valence-corrected chi connectivity index (χ3v) is 8.09. The van der Waals surface area contributed by atoms with E-state index in [2.05, 4.69) is 27.7 Å². The van der Waals surface area contributed by atoms with E-state index in [4.69, 9.17) is 14.9 Å². The number of hydrogen-bond donors (Lipinski definition) is 2. The maximum Gasteiger partial charge on any atom is 0.306 e. The number of aliphatic hydroxyl groups is 1. The Morgan fingerprint density at radius 2 is 0.929 bits per heavy atom. The van der Waals surface area contributed by atoms with Crippen molar-refractivity contribution >= 4 is 17.7 Å². The Kier molecular flexibility index (Phi) is 36.7. The SMILES string of the molecule is C.CC1CCC(C)CC1.CC1CCC(C)CC1.CCC(=O)CC.CCC(CC)OC(=O)CCC(=O)O.CCC(O)CC. The number of aliphatic carboxylic acids is 1. The highest BCUT2D eigenvalue weighted by atomic mass is 16.5. The van der Waals surface area contributed by atoms with Gasteiger partial charge in [-0.2, -0.15) is 0 Å². The maximum absolute atomic E-state index is 11.0. The van der Waals surface area contributed by atoms with Crippen molar-refractivity contribution in [1.29, 1.82) is 0 Å². The van der Waals surface area contributed by atoms with E-state index in [1.165, 1.54) is 51.4 Å². The number of aliphatic hydroxyl groups excluding tert-OH is 1. The number of rotatable bonds is 10. The fourth-order valence-corrected chi connectivity index (χ4v) is 4.30. The molecular formula is C36H74O6. The van der Waals surface area contributed by atoms with Gasteiger partial charge in [-0.15, -0.1) is 0 Å². The molecule has 0 bridgehead atoms. The molecule has 2 rings (SSSR count). The number of ether oxygens (including phenoxy) is 1. The molecule has 0 atom stereocenters. The molecule has 2 saturated carbocycles. The Morgan fingerprint density at radius 3 is 1.10 bits per heavy atom. The van der Waals surface area contributed by atoms with Crippen molar-refractivity contribution in [3.05, 3.63) is 0 Å². The number of esters is 1. The summed E-state index contributed by atoms with van der Waals surface area (Å²) in [6.45, 7) is 21.0. The highest BCUT2D eigenvalue weighted by Gasteiger charge is 2.14. The smallest absolute Gasteiger partial charge is 0.306 e. The molecule has 0 saturated heterocycles. The van der Waals surface area contributed by atoms with Crippen LogP contribution in [0.2, 0.25) is 0 Å². The minimum Gasteiger partial charge on any atom is -0.481 e. The van der Waals surface area contributed by atoms with Crippen LogP contribution in [-0.4, -0.2) is 40.1 Å². The zero-order valence-corrected chi connectivity index (χ0v) is 28.8. The number of Topliss-reactive ketones (excluding diaryl/α,β-unsaturated/α-hetero) is 1. The van der Waals surface area contributed by atoms with E-state index >= 15 is 0 Å². The second-order valence-corrected chi connectivity index (χ2v) is 12.3. The standard InChI is InChI=1S/C9H16O4.2C8H16.C5H12O.C5H10O.CH4/c1-3-7(4-2)13-9(12)6-5-8(10)11;2*1-7-3-5-8(2)6-4-7;2*1-3-5(6)4-2;/h7H,3-6H2,1-2H3,(H,10,11);2*7-8H,3-6H2,1-2H3;5-6H,3-4H2,1-2H3;3-4H2,1-2H3;1H4. The fraction of sp³-hybridized carbons (Fsp3) is 0.917. The molecule has 0 radical (unpaired) electrons. The molecule has 6 heteroatoms. The van der Waals surface area contributed by atoms with Crippen molar-refractivity contribution in [3.8, 4) is 0 Å². The first-order valence-electron chi connectivity index (χ1n) is 16.9. The summed E-state index contributed by atoms with van der Waals surface area (Å²) in [6, 6.07) is 0. The van der Waals surface area contributed by atoms with Crippen LogP contribution in [0.5, 0.6) is 0 Å². The minimum absolute atomic E-state index is 0. The predicted octanol–water partition coefficient (Wildman–Crippen LogP) is 10.4. The van der Waals surface area contributed by atoms with E-state index in [9.17, 15) is 14.4 Å². The van der Waals surface area contributed by atoms with E-state index < -0.39 is 11.9 Å². The third kappa shape index (κ3) is 34.8. The highest BCUT2D eigenvalue weighted by molar-refractivity contribution is 5.77. The summed E-state index contributed by atoms with van der Waals surface area (Å²) < 4.78 is 5.00. The van der Waals surface area contributed by atoms with Crippen molar-refractivity contribution in [2.75, 3.05) is 0 Å². The van der Waals surface area contributed by atoms with Gasteiger partial charge in [0.05, 0.1) is 18.9 Å². The largest absolute Gasteiger partial charge is 0.481 e. The van der Waals surface area contributed by atoms with Gasteiger partial charge < -0.3 is 14.9 Å². The summed E-state index contributed by atoms with van der Waals surface area (Å²) in [4.78, 5) is 31.3. The van der Waals surface area contributed by atoms with Crippen LogP contribution in [0, 0.1) is 23.7 Å². The van der Waals surface area contributed by atoms with E-state index in [0.29, 0.717) is 18.6 Å². The number of carbonyl (C=O) groups is 3. The number of carboxylic acids is 1. The highest BCUT2D eigenvalue weighted by Crippen LogP contribution is 2.27. The summed E-state index contributed by atoms with van der Waals surface area (Å²) in [5.74, 6) is 3.03. The van der Waals surface area contributed by atoms with E-state index in [-0.39, 0.29) is 32.5 Å². The van der Waals surface area contributed by atoms with Gasteiger partial charge in [-0.05, 0) is 49.4 Å². The first-order valence-corrected chi connectivity index (χ1v) is 16.9. The number of hydrogen-bond acceptors (Lipinski definition) is 5. The van der Waals surface area contributed by atoms with Crippen molar-refractivity contribution < 1.29 is 29.3 Å². The van der Waals surface area contributed by atoms with Crippen LogP contribution in [0.3, 0.4) is 0 Å². The van der Waals surface area contributed by atoms with Crippen LogP contribution in [0.1, 0.15) is 179 Å². The molecule has 0 aromatic rings. The lowest BCUT2D eigenvalue weighted by Gasteiger charge is -2.22. The Labute approximate surface area is 262 Å². The monoisotopic (exact) mass is 603 g/mol. The fourth-order valence-electron chi connectivity index (χ4n) is 4.30. The zero-order valence-electron chi connectivity index (χ0n) is 28.8. The molecule has 254 valence electrons. The van der Waals surface area contributed by atoms with E-state index in [0.717, 1.165) is 49.4 Å². The lowest BCUT2D eigenvalue weighted by atomic mass is 9.84. The Morgan fingerprint density at radius 1 is 0.619 bits per heavy atom. The molecule has 42 heavy (non-hydrogen) atoms. The van der Waals surface area contributed by atoms with Gasteiger partial charge in [-0.3, -0.25) is 14.4 Å². The lowest BCUT2D eigenvalue weighted by Crippen LogP contribution is -2.17. The van der Waals surface area contributed by atoms with Gasteiger partial charge in [0.25, 0.3) is 0 Å². The van der Waals surface area contributed by atoms with Gasteiger partial charge in [0.2, 0.25) is 0 Å². The second kappa shape index (κ2) is 32.5. The summed E-state index contributed by atoms with van der Waals surface area (Å²) in [6.07, 6.45) is 16.2. The molecule has 0 aliphatic heterocycles. The van der Waals surface area contributed by atoms with Crippen LogP contribution < -0.4 is 0 Å². The molecule has 2 N–H and O–H groups in total. The molecule has 0 spiro atoms. The molecule has 2 aliphatic carbocycles. The van der Waals surface area contributed by atoms with Crippen molar-refractivity contribution in [2.24, 2.45) is 23.7 Å². The average molecular weight is 603 g/mol. The molecular weight excluding hydrogens is 528 g/mol. The minimum atomic E-state index is -0.971. The normalized spacial score (nSPS) is 20.9. The van der Waals surface area contributed by atoms with Crippen molar-refractivity contribution in [2.45, 2.75) is 192 Å². The molecule has 0 unspecified atom stereocenters. The Bertz CT molecular complexity index is 550. The quantitative estimate of drug-likeness (QED) is 0.241. The van der Waals surface area contributed by atoms with Gasteiger partial charge >= 0.3 is 11.9 Å². The van der Waals surface area contributed by atoms with E-state index in [1.54, 1.807) is 0 Å². The lowest BCUT2D eigenvalue weighted by molar-refractivity contribution is -0.152. The van der Waals surface area contributed by atoms with Crippen LogP contribution >= 0.6 is 0 Å². The first kappa shape index (κ1) is 47.5. The molecule has 0 amide bonds. The Balaban J connectivity index is -0.000000221. The van der Waals surface area contributed by atoms with Crippen LogP contribution in [-0.2, 0) is 19.1 Å². The van der Waals surface area contributed by atoms with Gasteiger partial charge in [0.15, 0.2) is 0 Å². The number of carboxylic acid groups (broad SMARTS) is 1. The van der Waals surface area contributed by atoms with Crippen LogP contribution in [0.4, 0.5) is 0 Å². The maximum atomic E-state index is 11.0. The summed E-state index contributed by atoms with van der Waals surface area (Å²) in [5.41, 5.74) is 0. The van der Waals surface area contributed by atoms with Gasteiger partial charge in [-0.1, -0.05) is 128 Å². The molecule has 0 aromatic carbocycles. The Hall–Kier alpha value is -1.43. The summed E-state index contributed by atoms with van der Waals surface area (Å²) >= 11 is 0. The summed E-state index contributed by atoms with van der Waals surface area (Å²) in [5, 5.41) is 17.0. The molecule has 6 nitrogen and oxygen atoms in total. The molecule has 2 fully saturated rings. The average Bonchev–Trinajstić information content (AvgIpc) is 2.98. The predicted molar refractivity (Wildman–Crippen MR) is 180 cm³/mol. The second-order valence-electron chi connectivity index (χ2n) is 12.3. The summed E-state index contributed by atoms with van der Waals surface area (Å²) in [7, 11) is 0. The van der Waals surface area contributed by atoms with E-state index in [1.807, 2.05) is 41.5 Å². The number of ketones is 1. The first-order chi connectivity index (χ1) is 19.3. The van der Waals surface area contributed by atoms with Gasteiger partial charge in [0, 0.05) is 12.8 Å². The molecule has 0 heterocycles. The molecule has 2 aliphatic rings. The van der Waals surface area contributed by atoms with Crippen LogP contribution in [0.15, 0.2) is 0 Å². The third-order valence-electron chi connectivity index (χ3n) is 8.09. The van der Waals surface area contributed by atoms with Crippen LogP contribution in [0.25, 0.3) is 0 Å². The van der Waals surface area contributed by atoms with Gasteiger partial charge in [-0.25, -0.2) is 0 Å². The molecule has 0 aromatic heterocycles. The van der Waals surface area contributed by atoms with Crippen molar-refractivity contribution in [1.82, 2.24) is 0 Å². The van der Waals surface area contributed by atoms with Crippen molar-refractivity contribution in [3.63, 3.8) is 0 Å².